The molecule has 1 rings (SSSR count). The fraction of sp³-hybridized carbons (Fsp3) is 0.786. The van der Waals surface area contributed by atoms with Gasteiger partial charge < -0.3 is 51.6 Å². The number of nitrogens with two attached hydrogens (primary N) is 2. The molecule has 0 amide bonds. The van der Waals surface area contributed by atoms with Crippen LogP contribution in [0, 0.1) is 0 Å². The highest BCUT2D eigenvalue weighted by atomic mass is 16.6. The van der Waals surface area contributed by atoms with Crippen molar-refractivity contribution in [3.63, 3.8) is 0 Å². The summed E-state index contributed by atoms with van der Waals surface area (Å²) in [4.78, 5) is 30.5. The van der Waals surface area contributed by atoms with E-state index in [1.165, 1.54) is 6.92 Å². The molecule has 1 saturated heterocycles. The van der Waals surface area contributed by atoms with E-state index in [9.17, 15) is 24.6 Å². The first-order valence-electron chi connectivity index (χ1n) is 7.88. The van der Waals surface area contributed by atoms with E-state index in [1.807, 2.05) is 0 Å². The molecule has 0 aromatic carbocycles. The first-order valence-corrected chi connectivity index (χ1v) is 7.88. The van der Waals surface area contributed by atoms with Crippen molar-refractivity contribution in [2.45, 2.75) is 62.6 Å². The second kappa shape index (κ2) is 11.8. The normalized spacial score (nSPS) is 29.8. The molecule has 0 radical (unpaired) electrons. The average molecular weight is 398 g/mol. The average Bonchev–Trinajstić information content (AvgIpc) is 2.59. The summed E-state index contributed by atoms with van der Waals surface area (Å²) >= 11 is 0. The third-order valence-electron chi connectivity index (χ3n) is 3.62. The highest BCUT2D eigenvalue weighted by Crippen LogP contribution is 2.22. The van der Waals surface area contributed by atoms with Crippen molar-refractivity contribution in [1.29, 1.82) is 0 Å². The highest BCUT2D eigenvalue weighted by Gasteiger charge is 2.44. The van der Waals surface area contributed by atoms with E-state index in [0.717, 1.165) is 0 Å². The van der Waals surface area contributed by atoms with Gasteiger partial charge in [-0.05, 0) is 13.3 Å². The zero-order chi connectivity index (χ0) is 21.3. The summed E-state index contributed by atoms with van der Waals surface area (Å²) in [5.74, 6) is -3.41. The molecule has 27 heavy (non-hydrogen) atoms. The van der Waals surface area contributed by atoms with Gasteiger partial charge in [0.15, 0.2) is 12.4 Å². The van der Waals surface area contributed by atoms with Crippen LogP contribution in [0.1, 0.15) is 19.8 Å². The standard InChI is InChI=1S/C9H17NO7.C5H9NO4/c1-3(8(13)14)16-7-5(10)9(15)17-4(2-11)6(7)12;6-3(5(9)10)1-2-4(7)8/h3-7,9,11-12,15H,2,10H2,1H3,(H,13,14);3H,1-2,6H2,(H,7,8)(H,9,10)/t3-,4-,5-,6-,7-,9+;3-/m11/s1. The number of hydrogen-bond donors (Lipinski definition) is 8. The van der Waals surface area contributed by atoms with Crippen molar-refractivity contribution < 1.29 is 54.5 Å². The molecule has 10 N–H and O–H groups in total. The van der Waals surface area contributed by atoms with Crippen LogP contribution in [0.2, 0.25) is 0 Å². The zero-order valence-electron chi connectivity index (χ0n) is 14.5. The summed E-state index contributed by atoms with van der Waals surface area (Å²) < 4.78 is 9.89. The lowest BCUT2D eigenvalue weighted by Crippen LogP contribution is -2.63. The van der Waals surface area contributed by atoms with Crippen LogP contribution in [0.3, 0.4) is 0 Å². The number of hydrogen-bond acceptors (Lipinski definition) is 10. The van der Waals surface area contributed by atoms with Crippen LogP contribution in [0.4, 0.5) is 0 Å². The molecule has 7 atom stereocenters. The number of aliphatic carboxylic acids is 3. The van der Waals surface area contributed by atoms with E-state index in [4.69, 9.17) is 41.4 Å². The molecular formula is C14H26N2O11. The molecule has 13 nitrogen and oxygen atoms in total. The van der Waals surface area contributed by atoms with Crippen LogP contribution in [0.15, 0.2) is 0 Å². The van der Waals surface area contributed by atoms with Crippen LogP contribution in [0.25, 0.3) is 0 Å². The van der Waals surface area contributed by atoms with E-state index >= 15 is 0 Å². The van der Waals surface area contributed by atoms with Crippen LogP contribution in [0.5, 0.6) is 0 Å². The molecule has 1 aliphatic rings. The van der Waals surface area contributed by atoms with Gasteiger partial charge in [-0.3, -0.25) is 9.59 Å². The lowest BCUT2D eigenvalue weighted by atomic mass is 9.97. The lowest BCUT2D eigenvalue weighted by Gasteiger charge is -2.41. The number of aliphatic hydroxyl groups is 3. The van der Waals surface area contributed by atoms with Crippen molar-refractivity contribution in [3.8, 4) is 0 Å². The smallest absolute Gasteiger partial charge is 0.332 e. The number of rotatable bonds is 8. The first kappa shape index (κ1) is 25.1. The first-order chi connectivity index (χ1) is 12.4. The highest BCUT2D eigenvalue weighted by molar-refractivity contribution is 5.74. The van der Waals surface area contributed by atoms with Gasteiger partial charge in [0.05, 0.1) is 12.6 Å². The Kier molecular flexibility index (Phi) is 10.9. The maximum Gasteiger partial charge on any atom is 0.332 e. The molecule has 1 aliphatic heterocycles. The summed E-state index contributed by atoms with van der Waals surface area (Å²) in [5, 5.41) is 53.0. The molecule has 13 heteroatoms. The van der Waals surface area contributed by atoms with Crippen LogP contribution in [-0.4, -0.2) is 97.9 Å². The maximum atomic E-state index is 10.6. The van der Waals surface area contributed by atoms with Gasteiger partial charge in [-0.25, -0.2) is 4.79 Å². The molecule has 1 fully saturated rings. The number of ether oxygens (including phenoxy) is 2. The molecule has 0 saturated carbocycles. The Morgan fingerprint density at radius 1 is 1.15 bits per heavy atom. The van der Waals surface area contributed by atoms with Gasteiger partial charge in [0, 0.05) is 6.42 Å². The number of carbonyl (C=O) groups is 3. The molecule has 0 aliphatic carbocycles. The van der Waals surface area contributed by atoms with Crippen molar-refractivity contribution in [1.82, 2.24) is 0 Å². The van der Waals surface area contributed by atoms with E-state index in [0.29, 0.717) is 0 Å². The number of carboxylic acid groups (broad SMARTS) is 3. The molecule has 1 heterocycles. The zero-order valence-corrected chi connectivity index (χ0v) is 14.5. The molecular weight excluding hydrogens is 372 g/mol. The predicted molar refractivity (Wildman–Crippen MR) is 86.4 cm³/mol. The van der Waals surface area contributed by atoms with Gasteiger partial charge in [-0.15, -0.1) is 0 Å². The Bertz CT molecular complexity index is 503. The molecule has 0 spiro atoms. The summed E-state index contributed by atoms with van der Waals surface area (Å²) in [6.45, 7) is 0.740. The van der Waals surface area contributed by atoms with E-state index in [2.05, 4.69) is 0 Å². The SMILES string of the molecule is C[C@@H](O[C@@H]1[C@@H](N)[C@@H](O)O[C@H](CO)[C@H]1O)C(=O)O.N[C@H](CCC(=O)O)C(=O)O. The van der Waals surface area contributed by atoms with Gasteiger partial charge in [-0.2, -0.15) is 0 Å². The molecule has 0 aromatic rings. The quantitative estimate of drug-likeness (QED) is 0.198. The van der Waals surface area contributed by atoms with E-state index in [1.54, 1.807) is 0 Å². The number of carboxylic acids is 3. The molecule has 158 valence electrons. The van der Waals surface area contributed by atoms with Gasteiger partial charge in [-0.1, -0.05) is 0 Å². The van der Waals surface area contributed by atoms with Crippen molar-refractivity contribution in [2.24, 2.45) is 11.5 Å². The fourth-order valence-corrected chi connectivity index (χ4v) is 1.97. The summed E-state index contributed by atoms with van der Waals surface area (Å²) in [6.07, 6.45) is -6.33. The van der Waals surface area contributed by atoms with Crippen LogP contribution < -0.4 is 11.5 Å². The van der Waals surface area contributed by atoms with Crippen molar-refractivity contribution in [3.05, 3.63) is 0 Å². The molecule has 0 bridgehead atoms. The summed E-state index contributed by atoms with van der Waals surface area (Å²) in [6, 6.07) is -2.15. The van der Waals surface area contributed by atoms with E-state index in [-0.39, 0.29) is 12.8 Å². The monoisotopic (exact) mass is 398 g/mol. The summed E-state index contributed by atoms with van der Waals surface area (Å²) in [5.41, 5.74) is 10.5. The van der Waals surface area contributed by atoms with Crippen molar-refractivity contribution in [2.75, 3.05) is 6.61 Å². The molecule has 0 unspecified atom stereocenters. The Morgan fingerprint density at radius 2 is 1.70 bits per heavy atom. The second-order valence-electron chi connectivity index (χ2n) is 5.77. The maximum absolute atomic E-state index is 10.6. The minimum Gasteiger partial charge on any atom is -0.481 e. The Hall–Kier alpha value is -1.87. The Morgan fingerprint density at radius 3 is 2.11 bits per heavy atom. The van der Waals surface area contributed by atoms with Gasteiger partial charge >= 0.3 is 17.9 Å². The predicted octanol–water partition coefficient (Wildman–Crippen LogP) is -3.49. The topological polar surface area (TPSA) is 243 Å². The second-order valence-corrected chi connectivity index (χ2v) is 5.77. The van der Waals surface area contributed by atoms with Gasteiger partial charge in [0.1, 0.15) is 24.4 Å². The minimum absolute atomic E-state index is 0.0231. The van der Waals surface area contributed by atoms with E-state index < -0.39 is 67.3 Å². The molecule has 0 aromatic heterocycles. The third kappa shape index (κ3) is 8.57. The van der Waals surface area contributed by atoms with Gasteiger partial charge in [0.25, 0.3) is 0 Å². The Labute approximate surface area is 154 Å². The fourth-order valence-electron chi connectivity index (χ4n) is 1.97. The third-order valence-corrected chi connectivity index (χ3v) is 3.62. The minimum atomic E-state index is -1.43. The lowest BCUT2D eigenvalue weighted by molar-refractivity contribution is -0.262. The largest absolute Gasteiger partial charge is 0.481 e. The number of aliphatic hydroxyl groups excluding tert-OH is 3. The van der Waals surface area contributed by atoms with Crippen molar-refractivity contribution >= 4 is 17.9 Å². The van der Waals surface area contributed by atoms with Gasteiger partial charge in [0.2, 0.25) is 0 Å². The van der Waals surface area contributed by atoms with Crippen LogP contribution in [-0.2, 0) is 23.9 Å². The Balaban J connectivity index is 0.000000580. The van der Waals surface area contributed by atoms with Crippen LogP contribution >= 0.6 is 0 Å². The summed E-state index contributed by atoms with van der Waals surface area (Å²) in [7, 11) is 0.